The van der Waals surface area contributed by atoms with Gasteiger partial charge < -0.3 is 15.5 Å². The fraction of sp³-hybridized carbons (Fsp3) is 0.611. The van der Waals surface area contributed by atoms with E-state index in [1.54, 1.807) is 0 Å². The van der Waals surface area contributed by atoms with Crippen molar-refractivity contribution in [2.75, 3.05) is 36.8 Å². The van der Waals surface area contributed by atoms with Gasteiger partial charge in [-0.05, 0) is 50.3 Å². The van der Waals surface area contributed by atoms with E-state index >= 15 is 0 Å². The largest absolute Gasteiger partial charge is 0.399 e. The van der Waals surface area contributed by atoms with Crippen LogP contribution >= 0.6 is 0 Å². The predicted molar refractivity (Wildman–Crippen MR) is 93.3 cm³/mol. The average molecular weight is 303 g/mol. The highest BCUT2D eigenvalue weighted by Gasteiger charge is 2.28. The van der Waals surface area contributed by atoms with Crippen molar-refractivity contribution < 1.29 is 4.79 Å². The van der Waals surface area contributed by atoms with Crippen LogP contribution in [0.4, 0.5) is 11.4 Å². The Morgan fingerprint density at radius 2 is 1.82 bits per heavy atom. The summed E-state index contributed by atoms with van der Waals surface area (Å²) in [5.74, 6) is 1.24. The minimum atomic E-state index is 0.118. The Morgan fingerprint density at radius 1 is 1.23 bits per heavy atom. The van der Waals surface area contributed by atoms with Gasteiger partial charge in [0.05, 0.1) is 5.56 Å². The Bertz CT molecular complexity index is 515. The van der Waals surface area contributed by atoms with Gasteiger partial charge in [-0.2, -0.15) is 0 Å². The van der Waals surface area contributed by atoms with E-state index in [9.17, 15) is 4.79 Å². The number of likely N-dealkylation sites (tertiary alicyclic amines) is 1. The molecule has 0 radical (unpaired) electrons. The first kappa shape index (κ1) is 16.7. The molecule has 1 fully saturated rings. The van der Waals surface area contributed by atoms with E-state index in [-0.39, 0.29) is 5.91 Å². The molecule has 4 nitrogen and oxygen atoms in total. The molecular formula is C18H29N3O. The lowest BCUT2D eigenvalue weighted by atomic mass is 9.91. The lowest BCUT2D eigenvalue weighted by Crippen LogP contribution is -2.43. The van der Waals surface area contributed by atoms with E-state index in [1.165, 1.54) is 6.42 Å². The second-order valence-electron chi connectivity index (χ2n) is 6.61. The number of nitrogen functional groups attached to an aromatic ring is 1. The summed E-state index contributed by atoms with van der Waals surface area (Å²) in [7, 11) is 0. The predicted octanol–water partition coefficient (Wildman–Crippen LogP) is 3.23. The van der Waals surface area contributed by atoms with Gasteiger partial charge in [-0.3, -0.25) is 4.79 Å². The molecule has 1 amide bonds. The molecule has 2 rings (SSSR count). The molecule has 0 bridgehead atoms. The van der Waals surface area contributed by atoms with Crippen molar-refractivity contribution in [1.29, 1.82) is 0 Å². The Kier molecular flexibility index (Phi) is 5.33. The third-order valence-corrected chi connectivity index (χ3v) is 4.51. The van der Waals surface area contributed by atoms with Gasteiger partial charge in [0.15, 0.2) is 0 Å². The maximum Gasteiger partial charge on any atom is 0.256 e. The number of carbonyl (C=O) groups is 1. The third kappa shape index (κ3) is 3.54. The number of carbonyl (C=O) groups excluding carboxylic acids is 1. The molecule has 1 aliphatic heterocycles. The topological polar surface area (TPSA) is 49.6 Å². The molecule has 0 saturated carbocycles. The van der Waals surface area contributed by atoms with E-state index in [0.717, 1.165) is 37.4 Å². The number of anilines is 2. The molecule has 0 aliphatic carbocycles. The number of nitrogens with zero attached hydrogens (tertiary/aromatic N) is 2. The average Bonchev–Trinajstić information content (AvgIpc) is 2.48. The molecule has 1 aromatic rings. The van der Waals surface area contributed by atoms with Gasteiger partial charge in [0.25, 0.3) is 5.91 Å². The van der Waals surface area contributed by atoms with Crippen LogP contribution in [-0.4, -0.2) is 37.0 Å². The van der Waals surface area contributed by atoms with E-state index in [0.29, 0.717) is 17.5 Å². The lowest BCUT2D eigenvalue weighted by molar-refractivity contribution is 0.0624. The molecule has 122 valence electrons. The molecule has 1 heterocycles. The molecule has 1 aromatic carbocycles. The van der Waals surface area contributed by atoms with Gasteiger partial charge in [0.1, 0.15) is 0 Å². The fourth-order valence-electron chi connectivity index (χ4n) is 3.56. The van der Waals surface area contributed by atoms with Crippen LogP contribution in [0.5, 0.6) is 0 Å². The van der Waals surface area contributed by atoms with E-state index < -0.39 is 0 Å². The maximum absolute atomic E-state index is 13.0. The quantitative estimate of drug-likeness (QED) is 0.869. The molecule has 1 saturated heterocycles. The molecule has 2 unspecified atom stereocenters. The third-order valence-electron chi connectivity index (χ3n) is 4.51. The standard InChI is InChI=1S/C18H29N3O/c1-5-20(6-2)17-8-7-15(19)10-16(17)18(22)21-11-13(3)9-14(4)12-21/h7-8,10,13-14H,5-6,9,11-12,19H2,1-4H3. The van der Waals surface area contributed by atoms with Gasteiger partial charge in [-0.15, -0.1) is 0 Å². The zero-order valence-electron chi connectivity index (χ0n) is 14.3. The first-order chi connectivity index (χ1) is 10.5. The van der Waals surface area contributed by atoms with Crippen LogP contribution in [0.25, 0.3) is 0 Å². The van der Waals surface area contributed by atoms with Crippen LogP contribution in [0.1, 0.15) is 44.5 Å². The monoisotopic (exact) mass is 303 g/mol. The van der Waals surface area contributed by atoms with Crippen molar-refractivity contribution in [3.05, 3.63) is 23.8 Å². The molecule has 2 atom stereocenters. The Balaban J connectivity index is 2.33. The number of nitrogens with two attached hydrogens (primary N) is 1. The van der Waals surface area contributed by atoms with Crippen LogP contribution in [-0.2, 0) is 0 Å². The first-order valence-electron chi connectivity index (χ1n) is 8.39. The van der Waals surface area contributed by atoms with E-state index in [2.05, 4.69) is 32.6 Å². The minimum absolute atomic E-state index is 0.118. The fourth-order valence-corrected chi connectivity index (χ4v) is 3.56. The van der Waals surface area contributed by atoms with Crippen molar-refractivity contribution in [1.82, 2.24) is 4.90 Å². The second kappa shape index (κ2) is 7.03. The molecule has 0 aromatic heterocycles. The van der Waals surface area contributed by atoms with Crippen molar-refractivity contribution in [3.63, 3.8) is 0 Å². The zero-order chi connectivity index (χ0) is 16.3. The van der Waals surface area contributed by atoms with Crippen LogP contribution in [0.15, 0.2) is 18.2 Å². The van der Waals surface area contributed by atoms with Gasteiger partial charge >= 0.3 is 0 Å². The summed E-state index contributed by atoms with van der Waals surface area (Å²) >= 11 is 0. The van der Waals surface area contributed by atoms with Gasteiger partial charge in [-0.1, -0.05) is 13.8 Å². The van der Waals surface area contributed by atoms with Crippen LogP contribution < -0.4 is 10.6 Å². The van der Waals surface area contributed by atoms with Crippen molar-refractivity contribution in [2.24, 2.45) is 11.8 Å². The van der Waals surface area contributed by atoms with Gasteiger partial charge in [-0.25, -0.2) is 0 Å². The van der Waals surface area contributed by atoms with Crippen LogP contribution in [0, 0.1) is 11.8 Å². The normalized spacial score (nSPS) is 21.7. The molecule has 22 heavy (non-hydrogen) atoms. The number of piperidine rings is 1. The Morgan fingerprint density at radius 3 is 2.36 bits per heavy atom. The summed E-state index contributed by atoms with van der Waals surface area (Å²) in [4.78, 5) is 17.3. The highest BCUT2D eigenvalue weighted by atomic mass is 16.2. The molecule has 0 spiro atoms. The first-order valence-corrected chi connectivity index (χ1v) is 8.39. The van der Waals surface area contributed by atoms with E-state index in [4.69, 9.17) is 5.73 Å². The van der Waals surface area contributed by atoms with Crippen molar-refractivity contribution >= 4 is 17.3 Å². The molecule has 4 heteroatoms. The number of amides is 1. The number of rotatable bonds is 4. The zero-order valence-corrected chi connectivity index (χ0v) is 14.3. The highest BCUT2D eigenvalue weighted by Crippen LogP contribution is 2.28. The smallest absolute Gasteiger partial charge is 0.256 e. The molecule has 2 N–H and O–H groups in total. The number of benzene rings is 1. The maximum atomic E-state index is 13.0. The van der Waals surface area contributed by atoms with Crippen LogP contribution in [0.3, 0.4) is 0 Å². The molecule has 1 aliphatic rings. The molecular weight excluding hydrogens is 274 g/mol. The Labute approximate surface area is 134 Å². The minimum Gasteiger partial charge on any atom is -0.399 e. The summed E-state index contributed by atoms with van der Waals surface area (Å²) in [6.45, 7) is 12.1. The summed E-state index contributed by atoms with van der Waals surface area (Å²) in [5, 5.41) is 0. The number of hydrogen-bond acceptors (Lipinski definition) is 3. The highest BCUT2D eigenvalue weighted by molar-refractivity contribution is 6.00. The lowest BCUT2D eigenvalue weighted by Gasteiger charge is -2.36. The summed E-state index contributed by atoms with van der Waals surface area (Å²) in [5.41, 5.74) is 8.33. The van der Waals surface area contributed by atoms with Crippen LogP contribution in [0.2, 0.25) is 0 Å². The van der Waals surface area contributed by atoms with Crippen molar-refractivity contribution in [3.8, 4) is 0 Å². The summed E-state index contributed by atoms with van der Waals surface area (Å²) < 4.78 is 0. The van der Waals surface area contributed by atoms with Gasteiger partial charge in [0.2, 0.25) is 0 Å². The SMILES string of the molecule is CCN(CC)c1ccc(N)cc1C(=O)N1CC(C)CC(C)C1. The Hall–Kier alpha value is -1.71. The summed E-state index contributed by atoms with van der Waals surface area (Å²) in [6.07, 6.45) is 1.20. The summed E-state index contributed by atoms with van der Waals surface area (Å²) in [6, 6.07) is 5.69. The van der Waals surface area contributed by atoms with Crippen molar-refractivity contribution in [2.45, 2.75) is 34.1 Å². The van der Waals surface area contributed by atoms with Gasteiger partial charge in [0, 0.05) is 37.6 Å². The van der Waals surface area contributed by atoms with E-state index in [1.807, 2.05) is 23.1 Å². The number of hydrogen-bond donors (Lipinski definition) is 1. The second-order valence-corrected chi connectivity index (χ2v) is 6.61.